The summed E-state index contributed by atoms with van der Waals surface area (Å²) in [5, 5.41) is 11.4. The van der Waals surface area contributed by atoms with Crippen LogP contribution in [0, 0.1) is 0 Å². The van der Waals surface area contributed by atoms with E-state index in [0.29, 0.717) is 12.1 Å². The molecule has 5 rings (SSSR count). The molecule has 0 bridgehead atoms. The lowest BCUT2D eigenvalue weighted by Gasteiger charge is -2.12. The monoisotopic (exact) mass is 387 g/mol. The lowest BCUT2D eigenvalue weighted by molar-refractivity contribution is 0.532. The van der Waals surface area contributed by atoms with Crippen LogP contribution in [0.2, 0.25) is 0 Å². The van der Waals surface area contributed by atoms with Gasteiger partial charge in [-0.1, -0.05) is 6.07 Å². The molecule has 0 amide bonds. The van der Waals surface area contributed by atoms with Crippen molar-refractivity contribution < 1.29 is 0 Å². The van der Waals surface area contributed by atoms with Gasteiger partial charge in [0.15, 0.2) is 0 Å². The van der Waals surface area contributed by atoms with E-state index >= 15 is 0 Å². The van der Waals surface area contributed by atoms with Gasteiger partial charge >= 0.3 is 0 Å². The number of rotatable bonds is 5. The van der Waals surface area contributed by atoms with Gasteiger partial charge in [0.25, 0.3) is 0 Å². The summed E-state index contributed by atoms with van der Waals surface area (Å²) in [6.07, 6.45) is 9.12. The van der Waals surface area contributed by atoms with Gasteiger partial charge in [0.05, 0.1) is 23.8 Å². The lowest BCUT2D eigenvalue weighted by atomic mass is 10.1. The fourth-order valence-electron chi connectivity index (χ4n) is 3.76. The zero-order chi connectivity index (χ0) is 19.8. The van der Waals surface area contributed by atoms with Crippen LogP contribution in [0.5, 0.6) is 0 Å². The third-order valence-electron chi connectivity index (χ3n) is 5.39. The molecule has 5 heterocycles. The summed E-state index contributed by atoms with van der Waals surface area (Å²) in [4.78, 5) is 9.41. The molecule has 0 aromatic carbocycles. The molecule has 1 fully saturated rings. The highest BCUT2D eigenvalue weighted by molar-refractivity contribution is 5.67. The van der Waals surface area contributed by atoms with Crippen molar-refractivity contribution in [2.24, 2.45) is 0 Å². The molecule has 0 saturated carbocycles. The lowest BCUT2D eigenvalue weighted by Crippen LogP contribution is -2.22. The molecule has 1 saturated heterocycles. The van der Waals surface area contributed by atoms with Crippen LogP contribution in [0.3, 0.4) is 0 Å². The van der Waals surface area contributed by atoms with Gasteiger partial charge in [-0.05, 0) is 51.1 Å². The Balaban J connectivity index is 1.50. The first-order valence-electron chi connectivity index (χ1n) is 10.1. The van der Waals surface area contributed by atoms with E-state index in [1.807, 2.05) is 41.3 Å². The van der Waals surface area contributed by atoms with Gasteiger partial charge in [0.2, 0.25) is 0 Å². The predicted octanol–water partition coefficient (Wildman–Crippen LogP) is 3.61. The van der Waals surface area contributed by atoms with Crippen molar-refractivity contribution in [3.63, 3.8) is 0 Å². The van der Waals surface area contributed by atoms with Crippen LogP contribution in [0.1, 0.15) is 26.3 Å². The molecule has 1 atom stereocenters. The molecule has 7 heteroatoms. The molecule has 1 aliphatic rings. The molecular weight excluding hydrogens is 362 g/mol. The van der Waals surface area contributed by atoms with E-state index < -0.39 is 0 Å². The molecular formula is C22H25N7. The molecule has 148 valence electrons. The normalized spacial score (nSPS) is 16.7. The van der Waals surface area contributed by atoms with Gasteiger partial charge in [0.1, 0.15) is 11.5 Å². The van der Waals surface area contributed by atoms with Crippen LogP contribution in [-0.2, 0) is 0 Å². The Bertz CT molecular complexity index is 1130. The molecule has 1 unspecified atom stereocenters. The number of hydrogen-bond donors (Lipinski definition) is 2. The van der Waals surface area contributed by atoms with Crippen LogP contribution in [0.15, 0.2) is 55.1 Å². The minimum Gasteiger partial charge on any atom is -0.366 e. The summed E-state index contributed by atoms with van der Waals surface area (Å²) in [5.41, 5.74) is 4.99. The summed E-state index contributed by atoms with van der Waals surface area (Å²) < 4.78 is 4.08. The molecule has 0 radical (unpaired) electrons. The van der Waals surface area contributed by atoms with Crippen LogP contribution in [-0.4, -0.2) is 43.3 Å². The number of hydrogen-bond acceptors (Lipinski definition) is 5. The molecule has 0 aliphatic carbocycles. The third kappa shape index (κ3) is 3.49. The minimum absolute atomic E-state index is 0.339. The Morgan fingerprint density at radius 1 is 1.10 bits per heavy atom. The molecule has 29 heavy (non-hydrogen) atoms. The number of nitrogens with one attached hydrogen (secondary N) is 2. The van der Waals surface area contributed by atoms with E-state index in [1.54, 1.807) is 0 Å². The van der Waals surface area contributed by atoms with Crippen LogP contribution in [0.4, 0.5) is 5.82 Å². The van der Waals surface area contributed by atoms with E-state index in [4.69, 9.17) is 4.98 Å². The highest BCUT2D eigenvalue weighted by Crippen LogP contribution is 2.25. The van der Waals surface area contributed by atoms with E-state index in [0.717, 1.165) is 53.5 Å². The number of pyridine rings is 2. The Hall–Kier alpha value is -3.19. The van der Waals surface area contributed by atoms with E-state index in [1.165, 1.54) is 0 Å². The number of imidazole rings is 1. The highest BCUT2D eigenvalue weighted by atomic mass is 15.3. The number of anilines is 1. The van der Waals surface area contributed by atoms with Gasteiger partial charge in [-0.3, -0.25) is 9.08 Å². The van der Waals surface area contributed by atoms with E-state index in [9.17, 15) is 0 Å². The van der Waals surface area contributed by atoms with Gasteiger partial charge < -0.3 is 10.6 Å². The minimum atomic E-state index is 0.339. The first-order chi connectivity index (χ1) is 14.2. The average Bonchev–Trinajstić information content (AvgIpc) is 3.48. The highest BCUT2D eigenvalue weighted by Gasteiger charge is 2.15. The maximum absolute atomic E-state index is 4.84. The van der Waals surface area contributed by atoms with Crippen molar-refractivity contribution >= 4 is 11.5 Å². The number of nitrogens with zero attached hydrogens (tertiary/aromatic N) is 5. The first kappa shape index (κ1) is 17.9. The van der Waals surface area contributed by atoms with Crippen LogP contribution < -0.4 is 10.6 Å². The average molecular weight is 387 g/mol. The van der Waals surface area contributed by atoms with E-state index in [-0.39, 0.29) is 0 Å². The second kappa shape index (κ2) is 7.33. The topological polar surface area (TPSA) is 72.1 Å². The van der Waals surface area contributed by atoms with Gasteiger partial charge in [-0.2, -0.15) is 5.10 Å². The summed E-state index contributed by atoms with van der Waals surface area (Å²) >= 11 is 0. The Labute approximate surface area is 169 Å². The van der Waals surface area contributed by atoms with Crippen molar-refractivity contribution in [3.8, 4) is 22.5 Å². The summed E-state index contributed by atoms with van der Waals surface area (Å²) in [7, 11) is 0. The van der Waals surface area contributed by atoms with Crippen molar-refractivity contribution in [2.75, 3.05) is 18.4 Å². The van der Waals surface area contributed by atoms with Gasteiger partial charge in [0, 0.05) is 42.1 Å². The summed E-state index contributed by atoms with van der Waals surface area (Å²) in [6.45, 7) is 6.29. The fourth-order valence-corrected chi connectivity index (χ4v) is 3.76. The Morgan fingerprint density at radius 2 is 2.03 bits per heavy atom. The third-order valence-corrected chi connectivity index (χ3v) is 5.39. The zero-order valence-electron chi connectivity index (χ0n) is 16.7. The number of aromatic nitrogens is 5. The first-order valence-corrected chi connectivity index (χ1v) is 10.1. The molecule has 4 aromatic rings. The van der Waals surface area contributed by atoms with Crippen molar-refractivity contribution in [2.45, 2.75) is 32.4 Å². The quantitative estimate of drug-likeness (QED) is 0.547. The molecule has 0 spiro atoms. The summed E-state index contributed by atoms with van der Waals surface area (Å²) in [6, 6.07) is 11.0. The molecule has 4 aromatic heterocycles. The van der Waals surface area contributed by atoms with E-state index in [2.05, 4.69) is 57.4 Å². The predicted molar refractivity (Wildman–Crippen MR) is 115 cm³/mol. The maximum atomic E-state index is 4.84. The molecule has 7 nitrogen and oxygen atoms in total. The molecule has 2 N–H and O–H groups in total. The van der Waals surface area contributed by atoms with Crippen molar-refractivity contribution in [3.05, 3.63) is 55.1 Å². The zero-order valence-corrected chi connectivity index (χ0v) is 16.7. The second-order valence-electron chi connectivity index (χ2n) is 7.83. The van der Waals surface area contributed by atoms with Gasteiger partial charge in [-0.25, -0.2) is 9.97 Å². The number of fused-ring (bicyclic) bond motifs is 1. The smallest absolute Gasteiger partial charge is 0.137 e. The second-order valence-corrected chi connectivity index (χ2v) is 7.83. The summed E-state index contributed by atoms with van der Waals surface area (Å²) in [5.74, 6) is 0.903. The SMILES string of the molecule is CC(C)n1cc(-c2ccc3ncc(-c4cccc(NC5CCNC5)n4)n3c2)cn1. The van der Waals surface area contributed by atoms with Crippen LogP contribution in [0.25, 0.3) is 28.2 Å². The largest absolute Gasteiger partial charge is 0.366 e. The fraction of sp³-hybridized carbons (Fsp3) is 0.318. The van der Waals surface area contributed by atoms with Crippen molar-refractivity contribution in [1.82, 2.24) is 29.5 Å². The van der Waals surface area contributed by atoms with Gasteiger partial charge in [-0.15, -0.1) is 0 Å². The van der Waals surface area contributed by atoms with Crippen molar-refractivity contribution in [1.29, 1.82) is 0 Å². The van der Waals surface area contributed by atoms with Crippen LogP contribution >= 0.6 is 0 Å². The Morgan fingerprint density at radius 3 is 2.83 bits per heavy atom. The standard InChI is InChI=1S/C22H25N7/c1-15(2)29-14-17(10-25-29)16-6-7-22-24-12-20(28(22)13-16)19-4-3-5-21(27-19)26-18-8-9-23-11-18/h3-7,10,12-15,18,23H,8-9,11H2,1-2H3,(H,26,27). The molecule has 1 aliphatic heterocycles. The maximum Gasteiger partial charge on any atom is 0.137 e. The Kier molecular flexibility index (Phi) is 4.52.